The van der Waals surface area contributed by atoms with Gasteiger partial charge in [-0.15, -0.1) is 0 Å². The van der Waals surface area contributed by atoms with Gasteiger partial charge in [0.1, 0.15) is 0 Å². The Morgan fingerprint density at radius 1 is 1.28 bits per heavy atom. The molecule has 2 rings (SSSR count). The minimum Gasteiger partial charge on any atom is -0.327 e. The number of likely N-dealkylation sites (tertiary alicyclic amines) is 1. The van der Waals surface area contributed by atoms with Crippen LogP contribution in [0.3, 0.4) is 0 Å². The molecule has 1 aliphatic rings. The van der Waals surface area contributed by atoms with E-state index in [4.69, 9.17) is 17.3 Å². The van der Waals surface area contributed by atoms with Crippen LogP contribution in [0, 0.1) is 5.92 Å². The standard InChI is InChI=1S/C15H23ClN2/c1-2-7-18-10-13(9-15(17)11-18)8-12-3-5-14(16)6-4-12/h3-6,13,15H,2,7-11,17H2,1H3. The molecule has 2 unspecified atom stereocenters. The predicted molar refractivity (Wildman–Crippen MR) is 78.0 cm³/mol. The highest BCUT2D eigenvalue weighted by molar-refractivity contribution is 6.30. The molecule has 18 heavy (non-hydrogen) atoms. The van der Waals surface area contributed by atoms with Gasteiger partial charge < -0.3 is 10.6 Å². The lowest BCUT2D eigenvalue weighted by Gasteiger charge is -2.36. The first-order valence-electron chi connectivity index (χ1n) is 6.89. The summed E-state index contributed by atoms with van der Waals surface area (Å²) in [4.78, 5) is 2.51. The zero-order chi connectivity index (χ0) is 13.0. The van der Waals surface area contributed by atoms with Gasteiger partial charge in [-0.25, -0.2) is 0 Å². The Bertz CT molecular complexity index is 363. The van der Waals surface area contributed by atoms with Crippen LogP contribution in [0.25, 0.3) is 0 Å². The number of hydrogen-bond donors (Lipinski definition) is 1. The summed E-state index contributed by atoms with van der Waals surface area (Å²) in [5, 5.41) is 0.812. The molecule has 1 saturated heterocycles. The molecule has 0 saturated carbocycles. The third kappa shape index (κ3) is 3.98. The van der Waals surface area contributed by atoms with Crippen LogP contribution >= 0.6 is 11.6 Å². The van der Waals surface area contributed by atoms with Crippen LogP contribution in [-0.2, 0) is 6.42 Å². The number of halogens is 1. The maximum Gasteiger partial charge on any atom is 0.0406 e. The fourth-order valence-electron chi connectivity index (χ4n) is 2.95. The monoisotopic (exact) mass is 266 g/mol. The summed E-state index contributed by atoms with van der Waals surface area (Å²) in [5.41, 5.74) is 7.53. The van der Waals surface area contributed by atoms with Crippen molar-refractivity contribution in [2.45, 2.75) is 32.2 Å². The van der Waals surface area contributed by atoms with Crippen molar-refractivity contribution in [3.8, 4) is 0 Å². The van der Waals surface area contributed by atoms with Gasteiger partial charge in [-0.2, -0.15) is 0 Å². The lowest BCUT2D eigenvalue weighted by atomic mass is 9.89. The molecule has 1 aromatic carbocycles. The molecule has 1 fully saturated rings. The molecule has 0 aliphatic carbocycles. The molecule has 0 radical (unpaired) electrons. The van der Waals surface area contributed by atoms with Crippen molar-refractivity contribution in [1.82, 2.24) is 4.90 Å². The second kappa shape index (κ2) is 6.55. The molecule has 0 bridgehead atoms. The molecule has 3 heteroatoms. The molecule has 0 amide bonds. The van der Waals surface area contributed by atoms with E-state index in [0.29, 0.717) is 12.0 Å². The maximum absolute atomic E-state index is 6.16. The molecule has 1 heterocycles. The van der Waals surface area contributed by atoms with Crippen LogP contribution in [0.1, 0.15) is 25.3 Å². The number of hydrogen-bond acceptors (Lipinski definition) is 2. The Labute approximate surface area is 115 Å². The first-order chi connectivity index (χ1) is 8.67. The van der Waals surface area contributed by atoms with E-state index in [0.717, 1.165) is 24.4 Å². The highest BCUT2D eigenvalue weighted by Gasteiger charge is 2.24. The van der Waals surface area contributed by atoms with Gasteiger partial charge in [-0.3, -0.25) is 0 Å². The van der Waals surface area contributed by atoms with Crippen LogP contribution in [0.2, 0.25) is 5.02 Å². The van der Waals surface area contributed by atoms with Crippen LogP contribution in [0.4, 0.5) is 0 Å². The number of nitrogens with two attached hydrogens (primary N) is 1. The van der Waals surface area contributed by atoms with Crippen LogP contribution in [0.5, 0.6) is 0 Å². The molecule has 1 aromatic rings. The Kier molecular flexibility index (Phi) is 5.04. The van der Waals surface area contributed by atoms with Crippen molar-refractivity contribution in [3.63, 3.8) is 0 Å². The summed E-state index contributed by atoms with van der Waals surface area (Å²) in [5.74, 6) is 0.682. The molecule has 100 valence electrons. The van der Waals surface area contributed by atoms with Gasteiger partial charge in [0.2, 0.25) is 0 Å². The highest BCUT2D eigenvalue weighted by atomic mass is 35.5. The number of nitrogens with zero attached hydrogens (tertiary/aromatic N) is 1. The van der Waals surface area contributed by atoms with Gasteiger partial charge in [0.05, 0.1) is 0 Å². The molecule has 2 N–H and O–H groups in total. The van der Waals surface area contributed by atoms with Crippen LogP contribution < -0.4 is 5.73 Å². The van der Waals surface area contributed by atoms with E-state index in [1.54, 1.807) is 0 Å². The molecule has 1 aliphatic heterocycles. The number of piperidine rings is 1. The van der Waals surface area contributed by atoms with Gasteiger partial charge in [-0.05, 0) is 49.4 Å². The first-order valence-corrected chi connectivity index (χ1v) is 7.27. The van der Waals surface area contributed by atoms with E-state index in [1.165, 1.54) is 25.1 Å². The summed E-state index contributed by atoms with van der Waals surface area (Å²) < 4.78 is 0. The molecule has 0 spiro atoms. The van der Waals surface area contributed by atoms with Gasteiger partial charge in [0, 0.05) is 24.2 Å². The normalized spacial score (nSPS) is 25.3. The molecule has 2 nitrogen and oxygen atoms in total. The van der Waals surface area contributed by atoms with Gasteiger partial charge in [-0.1, -0.05) is 30.7 Å². The summed E-state index contributed by atoms with van der Waals surface area (Å²) in [7, 11) is 0. The van der Waals surface area contributed by atoms with Crippen molar-refractivity contribution >= 4 is 11.6 Å². The second-order valence-electron chi connectivity index (χ2n) is 5.45. The lowest BCUT2D eigenvalue weighted by molar-refractivity contribution is 0.156. The average Bonchev–Trinajstić information content (AvgIpc) is 2.32. The Morgan fingerprint density at radius 2 is 2.00 bits per heavy atom. The Morgan fingerprint density at radius 3 is 2.67 bits per heavy atom. The van der Waals surface area contributed by atoms with E-state index < -0.39 is 0 Å². The molecule has 2 atom stereocenters. The van der Waals surface area contributed by atoms with E-state index in [2.05, 4.69) is 24.0 Å². The number of benzene rings is 1. The Balaban J connectivity index is 1.93. The first kappa shape index (κ1) is 13.9. The summed E-state index contributed by atoms with van der Waals surface area (Å²) in [6.07, 6.45) is 3.47. The minimum absolute atomic E-state index is 0.336. The highest BCUT2D eigenvalue weighted by Crippen LogP contribution is 2.21. The quantitative estimate of drug-likeness (QED) is 0.908. The second-order valence-corrected chi connectivity index (χ2v) is 5.89. The predicted octanol–water partition coefficient (Wildman–Crippen LogP) is 2.94. The van der Waals surface area contributed by atoms with Crippen LogP contribution in [-0.4, -0.2) is 30.6 Å². The van der Waals surface area contributed by atoms with Crippen molar-refractivity contribution in [2.75, 3.05) is 19.6 Å². The Hall–Kier alpha value is -0.570. The summed E-state index contributed by atoms with van der Waals surface area (Å²) in [6, 6.07) is 8.55. The van der Waals surface area contributed by atoms with E-state index >= 15 is 0 Å². The van der Waals surface area contributed by atoms with Gasteiger partial charge in [0.15, 0.2) is 0 Å². The third-order valence-electron chi connectivity index (χ3n) is 3.62. The topological polar surface area (TPSA) is 29.3 Å². The lowest BCUT2D eigenvalue weighted by Crippen LogP contribution is -2.47. The summed E-state index contributed by atoms with van der Waals surface area (Å²) >= 11 is 5.91. The fourth-order valence-corrected chi connectivity index (χ4v) is 3.08. The zero-order valence-electron chi connectivity index (χ0n) is 11.1. The fraction of sp³-hybridized carbons (Fsp3) is 0.600. The van der Waals surface area contributed by atoms with Gasteiger partial charge >= 0.3 is 0 Å². The smallest absolute Gasteiger partial charge is 0.0406 e. The van der Waals surface area contributed by atoms with Crippen LogP contribution in [0.15, 0.2) is 24.3 Å². The van der Waals surface area contributed by atoms with Crippen molar-refractivity contribution in [1.29, 1.82) is 0 Å². The van der Waals surface area contributed by atoms with E-state index in [1.807, 2.05) is 12.1 Å². The van der Waals surface area contributed by atoms with E-state index in [-0.39, 0.29) is 0 Å². The zero-order valence-corrected chi connectivity index (χ0v) is 11.9. The summed E-state index contributed by atoms with van der Waals surface area (Å²) in [6.45, 7) is 5.65. The minimum atomic E-state index is 0.336. The third-order valence-corrected chi connectivity index (χ3v) is 3.87. The molecular weight excluding hydrogens is 244 g/mol. The molecule has 0 aromatic heterocycles. The molecular formula is C15H23ClN2. The average molecular weight is 267 g/mol. The van der Waals surface area contributed by atoms with Gasteiger partial charge in [0.25, 0.3) is 0 Å². The van der Waals surface area contributed by atoms with Crippen molar-refractivity contribution < 1.29 is 0 Å². The SMILES string of the molecule is CCCN1CC(N)CC(Cc2ccc(Cl)cc2)C1. The maximum atomic E-state index is 6.16. The largest absolute Gasteiger partial charge is 0.327 e. The van der Waals surface area contributed by atoms with E-state index in [9.17, 15) is 0 Å². The number of rotatable bonds is 4. The van der Waals surface area contributed by atoms with Crippen molar-refractivity contribution in [3.05, 3.63) is 34.9 Å². The van der Waals surface area contributed by atoms with Crippen molar-refractivity contribution in [2.24, 2.45) is 11.7 Å².